The first-order valence-corrected chi connectivity index (χ1v) is 6.29. The standard InChI is InChI=1S/C13H18F2N2O3/c1-3-6-13(2,12(19)20)16-11(18)9-5-4-7-17(9)8-10(14)15/h4-5,7,10H,3,6,8H2,1-2H3,(H,16,18)(H,19,20). The number of aliphatic carboxylic acids is 1. The van der Waals surface area contributed by atoms with Crippen LogP contribution in [0.2, 0.25) is 0 Å². The molecule has 2 N–H and O–H groups in total. The molecule has 7 heteroatoms. The van der Waals surface area contributed by atoms with Gasteiger partial charge < -0.3 is 15.0 Å². The van der Waals surface area contributed by atoms with Gasteiger partial charge in [0, 0.05) is 6.20 Å². The summed E-state index contributed by atoms with van der Waals surface area (Å²) in [5, 5.41) is 11.6. The first kappa shape index (κ1) is 16.1. The number of carbonyl (C=O) groups excluding carboxylic acids is 1. The highest BCUT2D eigenvalue weighted by Gasteiger charge is 2.34. The van der Waals surface area contributed by atoms with Gasteiger partial charge in [-0.2, -0.15) is 0 Å². The Labute approximate surface area is 115 Å². The molecule has 0 saturated carbocycles. The molecule has 1 atom stereocenters. The predicted molar refractivity (Wildman–Crippen MR) is 68.9 cm³/mol. The lowest BCUT2D eigenvalue weighted by molar-refractivity contribution is -0.144. The molecule has 0 aromatic carbocycles. The van der Waals surface area contributed by atoms with E-state index in [0.29, 0.717) is 6.42 Å². The zero-order valence-corrected chi connectivity index (χ0v) is 11.4. The van der Waals surface area contributed by atoms with Crippen molar-refractivity contribution in [1.82, 2.24) is 9.88 Å². The predicted octanol–water partition coefficient (Wildman–Crippen LogP) is 2.13. The first-order valence-electron chi connectivity index (χ1n) is 6.29. The Hall–Kier alpha value is -1.92. The van der Waals surface area contributed by atoms with Crippen molar-refractivity contribution in [2.75, 3.05) is 0 Å². The number of rotatable bonds is 7. The number of alkyl halides is 2. The fourth-order valence-electron chi connectivity index (χ4n) is 1.97. The highest BCUT2D eigenvalue weighted by atomic mass is 19.3. The third-order valence-corrected chi connectivity index (χ3v) is 3.01. The van der Waals surface area contributed by atoms with Crippen LogP contribution in [-0.2, 0) is 11.3 Å². The minimum atomic E-state index is -2.59. The summed E-state index contributed by atoms with van der Waals surface area (Å²) in [6.45, 7) is 2.59. The molecule has 0 fully saturated rings. The van der Waals surface area contributed by atoms with Crippen LogP contribution >= 0.6 is 0 Å². The van der Waals surface area contributed by atoms with Crippen molar-refractivity contribution in [3.8, 4) is 0 Å². The lowest BCUT2D eigenvalue weighted by Gasteiger charge is -2.26. The largest absolute Gasteiger partial charge is 0.480 e. The fraction of sp³-hybridized carbons (Fsp3) is 0.538. The molecule has 112 valence electrons. The number of amides is 1. The minimum Gasteiger partial charge on any atom is -0.480 e. The van der Waals surface area contributed by atoms with Gasteiger partial charge in [-0.3, -0.25) is 4.79 Å². The summed E-state index contributed by atoms with van der Waals surface area (Å²) < 4.78 is 25.9. The molecule has 1 heterocycles. The van der Waals surface area contributed by atoms with Gasteiger partial charge in [0.25, 0.3) is 12.3 Å². The molecule has 1 aromatic rings. The van der Waals surface area contributed by atoms with Crippen molar-refractivity contribution in [2.24, 2.45) is 0 Å². The van der Waals surface area contributed by atoms with Crippen LogP contribution in [0.25, 0.3) is 0 Å². The van der Waals surface area contributed by atoms with E-state index in [0.717, 1.165) is 4.57 Å². The van der Waals surface area contributed by atoms with Crippen LogP contribution in [0, 0.1) is 0 Å². The van der Waals surface area contributed by atoms with Crippen LogP contribution < -0.4 is 5.32 Å². The van der Waals surface area contributed by atoms with Gasteiger partial charge in [-0.15, -0.1) is 0 Å². The van der Waals surface area contributed by atoms with E-state index < -0.39 is 30.4 Å². The van der Waals surface area contributed by atoms with Gasteiger partial charge in [-0.05, 0) is 25.5 Å². The quantitative estimate of drug-likeness (QED) is 0.807. The van der Waals surface area contributed by atoms with Gasteiger partial charge in [0.15, 0.2) is 0 Å². The zero-order chi connectivity index (χ0) is 15.3. The molecule has 1 aromatic heterocycles. The molecule has 5 nitrogen and oxygen atoms in total. The number of nitrogens with zero attached hydrogens (tertiary/aromatic N) is 1. The van der Waals surface area contributed by atoms with Crippen LogP contribution in [0.1, 0.15) is 37.2 Å². The van der Waals surface area contributed by atoms with Gasteiger partial charge in [-0.1, -0.05) is 13.3 Å². The molecule has 0 radical (unpaired) electrons. The number of aromatic nitrogens is 1. The molecular formula is C13H18F2N2O3. The van der Waals surface area contributed by atoms with E-state index in [-0.39, 0.29) is 12.1 Å². The molecule has 0 aliphatic rings. The van der Waals surface area contributed by atoms with Crippen molar-refractivity contribution in [3.05, 3.63) is 24.0 Å². The minimum absolute atomic E-state index is 0.0221. The van der Waals surface area contributed by atoms with E-state index in [1.807, 2.05) is 0 Å². The van der Waals surface area contributed by atoms with E-state index in [9.17, 15) is 23.5 Å². The maximum atomic E-state index is 12.4. The Bertz CT molecular complexity index is 488. The third kappa shape index (κ3) is 3.79. The summed E-state index contributed by atoms with van der Waals surface area (Å²) in [6, 6.07) is 2.85. The average molecular weight is 288 g/mol. The van der Waals surface area contributed by atoms with E-state index in [2.05, 4.69) is 5.32 Å². The van der Waals surface area contributed by atoms with Crippen LogP contribution in [0.3, 0.4) is 0 Å². The molecule has 0 bridgehead atoms. The molecular weight excluding hydrogens is 270 g/mol. The zero-order valence-electron chi connectivity index (χ0n) is 11.4. The summed E-state index contributed by atoms with van der Waals surface area (Å²) in [7, 11) is 0. The number of carbonyl (C=O) groups is 2. The molecule has 1 rings (SSSR count). The maximum absolute atomic E-state index is 12.4. The Morgan fingerprint density at radius 1 is 1.50 bits per heavy atom. The van der Waals surface area contributed by atoms with E-state index in [4.69, 9.17) is 0 Å². The van der Waals surface area contributed by atoms with Crippen LogP contribution in [-0.4, -0.2) is 33.5 Å². The smallest absolute Gasteiger partial charge is 0.329 e. The second-order valence-corrected chi connectivity index (χ2v) is 4.78. The number of halogens is 2. The lowest BCUT2D eigenvalue weighted by Crippen LogP contribution is -2.52. The van der Waals surface area contributed by atoms with Gasteiger partial charge >= 0.3 is 5.97 Å². The van der Waals surface area contributed by atoms with Gasteiger partial charge in [0.2, 0.25) is 0 Å². The topological polar surface area (TPSA) is 71.3 Å². The highest BCUT2D eigenvalue weighted by Crippen LogP contribution is 2.15. The summed E-state index contributed by atoms with van der Waals surface area (Å²) in [4.78, 5) is 23.3. The van der Waals surface area contributed by atoms with Crippen LogP contribution in [0.4, 0.5) is 8.78 Å². The van der Waals surface area contributed by atoms with E-state index in [1.54, 1.807) is 6.92 Å². The molecule has 0 spiro atoms. The van der Waals surface area contributed by atoms with E-state index >= 15 is 0 Å². The molecule has 0 aliphatic carbocycles. The molecule has 1 unspecified atom stereocenters. The maximum Gasteiger partial charge on any atom is 0.329 e. The van der Waals surface area contributed by atoms with Gasteiger partial charge in [0.05, 0.1) is 6.54 Å². The fourth-order valence-corrected chi connectivity index (χ4v) is 1.97. The number of carboxylic acid groups (broad SMARTS) is 1. The Morgan fingerprint density at radius 3 is 2.65 bits per heavy atom. The average Bonchev–Trinajstić information content (AvgIpc) is 2.76. The van der Waals surface area contributed by atoms with Crippen molar-refractivity contribution < 1.29 is 23.5 Å². The SMILES string of the molecule is CCCC(C)(NC(=O)c1cccn1CC(F)F)C(=O)O. The Morgan fingerprint density at radius 2 is 2.15 bits per heavy atom. The molecule has 20 heavy (non-hydrogen) atoms. The summed E-state index contributed by atoms with van der Waals surface area (Å²) in [5.74, 6) is -1.83. The number of nitrogens with one attached hydrogen (secondary N) is 1. The molecule has 0 saturated heterocycles. The third-order valence-electron chi connectivity index (χ3n) is 3.01. The van der Waals surface area contributed by atoms with Crippen LogP contribution in [0.5, 0.6) is 0 Å². The number of hydrogen-bond acceptors (Lipinski definition) is 2. The Kier molecular flexibility index (Phi) is 5.24. The van der Waals surface area contributed by atoms with E-state index in [1.165, 1.54) is 25.3 Å². The highest BCUT2D eigenvalue weighted by molar-refractivity contribution is 5.96. The second kappa shape index (κ2) is 6.49. The Balaban J connectivity index is 2.90. The number of carboxylic acids is 1. The van der Waals surface area contributed by atoms with Crippen molar-refractivity contribution >= 4 is 11.9 Å². The van der Waals surface area contributed by atoms with Crippen molar-refractivity contribution in [3.63, 3.8) is 0 Å². The van der Waals surface area contributed by atoms with Gasteiger partial charge in [0.1, 0.15) is 11.2 Å². The number of hydrogen-bond donors (Lipinski definition) is 2. The van der Waals surface area contributed by atoms with Crippen LogP contribution in [0.15, 0.2) is 18.3 Å². The molecule has 1 amide bonds. The summed E-state index contributed by atoms with van der Waals surface area (Å²) >= 11 is 0. The summed E-state index contributed by atoms with van der Waals surface area (Å²) in [6.07, 6.45) is -0.403. The van der Waals surface area contributed by atoms with Crippen molar-refractivity contribution in [1.29, 1.82) is 0 Å². The normalized spacial score (nSPS) is 14.1. The van der Waals surface area contributed by atoms with Crippen molar-refractivity contribution in [2.45, 2.75) is 45.2 Å². The molecule has 0 aliphatic heterocycles. The monoisotopic (exact) mass is 288 g/mol. The lowest BCUT2D eigenvalue weighted by atomic mass is 9.96. The second-order valence-electron chi connectivity index (χ2n) is 4.78. The first-order chi connectivity index (χ1) is 9.30. The van der Waals surface area contributed by atoms with Gasteiger partial charge in [-0.25, -0.2) is 13.6 Å². The summed E-state index contributed by atoms with van der Waals surface area (Å²) in [5.41, 5.74) is -1.39.